The minimum atomic E-state index is 0.729. The average molecular weight is 245 g/mol. The lowest BCUT2D eigenvalue weighted by Gasteiger charge is -2.18. The fourth-order valence-corrected chi connectivity index (χ4v) is 2.33. The highest BCUT2D eigenvalue weighted by Crippen LogP contribution is 2.17. The highest BCUT2D eigenvalue weighted by molar-refractivity contribution is 5.27. The Balaban J connectivity index is 1.71. The van der Waals surface area contributed by atoms with Gasteiger partial charge in [-0.25, -0.2) is 0 Å². The SMILES string of the molecule is CCOc1ccc(CNCC2CC=CCC2)cc1. The molecule has 0 aromatic heterocycles. The summed E-state index contributed by atoms with van der Waals surface area (Å²) in [4.78, 5) is 0. The molecule has 0 radical (unpaired) electrons. The van der Waals surface area contributed by atoms with E-state index in [9.17, 15) is 0 Å². The molecule has 0 bridgehead atoms. The van der Waals surface area contributed by atoms with Crippen molar-refractivity contribution in [1.29, 1.82) is 0 Å². The summed E-state index contributed by atoms with van der Waals surface area (Å²) >= 11 is 0. The van der Waals surface area contributed by atoms with Gasteiger partial charge in [0.15, 0.2) is 0 Å². The quantitative estimate of drug-likeness (QED) is 0.774. The lowest BCUT2D eigenvalue weighted by Crippen LogP contribution is -2.23. The van der Waals surface area contributed by atoms with E-state index in [4.69, 9.17) is 4.74 Å². The molecule has 1 aromatic rings. The third-order valence-electron chi connectivity index (χ3n) is 3.37. The second-order valence-electron chi connectivity index (χ2n) is 4.86. The van der Waals surface area contributed by atoms with Gasteiger partial charge in [0.05, 0.1) is 6.61 Å². The van der Waals surface area contributed by atoms with Crippen LogP contribution in [0, 0.1) is 5.92 Å². The molecule has 0 saturated heterocycles. The van der Waals surface area contributed by atoms with E-state index < -0.39 is 0 Å². The molecule has 1 N–H and O–H groups in total. The minimum absolute atomic E-state index is 0.729. The van der Waals surface area contributed by atoms with E-state index in [1.165, 1.54) is 24.8 Å². The average Bonchev–Trinajstić information content (AvgIpc) is 2.42. The Hall–Kier alpha value is -1.28. The topological polar surface area (TPSA) is 21.3 Å². The van der Waals surface area contributed by atoms with Gasteiger partial charge in [-0.15, -0.1) is 0 Å². The van der Waals surface area contributed by atoms with Crippen molar-refractivity contribution in [2.45, 2.75) is 32.7 Å². The molecule has 1 atom stereocenters. The summed E-state index contributed by atoms with van der Waals surface area (Å²) in [6.07, 6.45) is 8.41. The Labute approximate surface area is 110 Å². The van der Waals surface area contributed by atoms with Crippen LogP contribution < -0.4 is 10.1 Å². The number of rotatable bonds is 6. The number of nitrogens with one attached hydrogen (secondary N) is 1. The Morgan fingerprint density at radius 2 is 2.06 bits per heavy atom. The van der Waals surface area contributed by atoms with Gasteiger partial charge in [0, 0.05) is 6.54 Å². The van der Waals surface area contributed by atoms with Gasteiger partial charge in [0.1, 0.15) is 5.75 Å². The van der Waals surface area contributed by atoms with E-state index in [-0.39, 0.29) is 0 Å². The predicted octanol–water partition coefficient (Wildman–Crippen LogP) is 3.53. The first kappa shape index (κ1) is 13.2. The van der Waals surface area contributed by atoms with E-state index in [0.717, 1.165) is 31.4 Å². The van der Waals surface area contributed by atoms with Crippen LogP contribution in [0.2, 0.25) is 0 Å². The van der Waals surface area contributed by atoms with Gasteiger partial charge in [-0.2, -0.15) is 0 Å². The lowest BCUT2D eigenvalue weighted by molar-refractivity contribution is 0.340. The second-order valence-corrected chi connectivity index (χ2v) is 4.86. The van der Waals surface area contributed by atoms with Crippen LogP contribution in [-0.4, -0.2) is 13.2 Å². The maximum absolute atomic E-state index is 5.43. The highest BCUT2D eigenvalue weighted by Gasteiger charge is 2.08. The summed E-state index contributed by atoms with van der Waals surface area (Å²) in [6, 6.07) is 8.37. The van der Waals surface area contributed by atoms with Gasteiger partial charge in [0.2, 0.25) is 0 Å². The van der Waals surface area contributed by atoms with Crippen LogP contribution in [0.1, 0.15) is 31.7 Å². The minimum Gasteiger partial charge on any atom is -0.494 e. The van der Waals surface area contributed by atoms with E-state index in [1.807, 2.05) is 19.1 Å². The molecule has 0 amide bonds. The zero-order valence-electron chi connectivity index (χ0n) is 11.2. The number of hydrogen-bond donors (Lipinski definition) is 1. The third kappa shape index (κ3) is 4.19. The van der Waals surface area contributed by atoms with Crippen LogP contribution in [-0.2, 0) is 6.54 Å². The Morgan fingerprint density at radius 1 is 1.22 bits per heavy atom. The predicted molar refractivity (Wildman–Crippen MR) is 75.8 cm³/mol. The molecule has 0 saturated carbocycles. The Bertz CT molecular complexity index is 369. The molecule has 1 unspecified atom stereocenters. The monoisotopic (exact) mass is 245 g/mol. The lowest BCUT2D eigenvalue weighted by atomic mass is 9.94. The van der Waals surface area contributed by atoms with E-state index in [0.29, 0.717) is 0 Å². The van der Waals surface area contributed by atoms with Crippen LogP contribution in [0.5, 0.6) is 5.75 Å². The first-order valence-electron chi connectivity index (χ1n) is 6.96. The number of benzene rings is 1. The van der Waals surface area contributed by atoms with Crippen LogP contribution in [0.25, 0.3) is 0 Å². The van der Waals surface area contributed by atoms with Gasteiger partial charge >= 0.3 is 0 Å². The van der Waals surface area contributed by atoms with Gasteiger partial charge in [-0.05, 0) is 56.3 Å². The van der Waals surface area contributed by atoms with Gasteiger partial charge in [-0.3, -0.25) is 0 Å². The van der Waals surface area contributed by atoms with Crippen molar-refractivity contribution in [1.82, 2.24) is 5.32 Å². The number of hydrogen-bond acceptors (Lipinski definition) is 2. The van der Waals surface area contributed by atoms with Crippen molar-refractivity contribution in [3.63, 3.8) is 0 Å². The van der Waals surface area contributed by atoms with Crippen molar-refractivity contribution in [3.8, 4) is 5.75 Å². The normalized spacial score (nSPS) is 18.8. The first-order valence-corrected chi connectivity index (χ1v) is 6.96. The number of ether oxygens (including phenoxy) is 1. The summed E-state index contributed by atoms with van der Waals surface area (Å²) < 4.78 is 5.43. The van der Waals surface area contributed by atoms with Gasteiger partial charge in [-0.1, -0.05) is 24.3 Å². The highest BCUT2D eigenvalue weighted by atomic mass is 16.5. The van der Waals surface area contributed by atoms with Crippen LogP contribution >= 0.6 is 0 Å². The van der Waals surface area contributed by atoms with Crippen LogP contribution in [0.4, 0.5) is 0 Å². The molecule has 0 aliphatic heterocycles. The van der Waals surface area contributed by atoms with E-state index >= 15 is 0 Å². The Morgan fingerprint density at radius 3 is 2.72 bits per heavy atom. The first-order chi connectivity index (χ1) is 8.88. The molecule has 1 aliphatic carbocycles. The summed E-state index contributed by atoms with van der Waals surface area (Å²) in [5.41, 5.74) is 1.32. The Kier molecular flexibility index (Phi) is 5.28. The molecule has 18 heavy (non-hydrogen) atoms. The zero-order chi connectivity index (χ0) is 12.6. The van der Waals surface area contributed by atoms with Crippen molar-refractivity contribution >= 4 is 0 Å². The molecule has 1 aliphatic rings. The smallest absolute Gasteiger partial charge is 0.119 e. The van der Waals surface area contributed by atoms with Crippen LogP contribution in [0.3, 0.4) is 0 Å². The fourth-order valence-electron chi connectivity index (χ4n) is 2.33. The molecule has 0 fully saturated rings. The molecule has 98 valence electrons. The molecule has 2 heteroatoms. The van der Waals surface area contributed by atoms with E-state index in [2.05, 4.69) is 29.6 Å². The molecule has 2 rings (SSSR count). The molecular formula is C16H23NO. The van der Waals surface area contributed by atoms with Crippen molar-refractivity contribution in [2.24, 2.45) is 5.92 Å². The molecule has 0 spiro atoms. The molecule has 1 aromatic carbocycles. The summed E-state index contributed by atoms with van der Waals surface area (Å²) in [6.45, 7) is 4.81. The number of allylic oxidation sites excluding steroid dienone is 2. The molecule has 2 nitrogen and oxygen atoms in total. The van der Waals surface area contributed by atoms with Gasteiger partial charge < -0.3 is 10.1 Å². The summed E-state index contributed by atoms with van der Waals surface area (Å²) in [7, 11) is 0. The summed E-state index contributed by atoms with van der Waals surface area (Å²) in [5.74, 6) is 1.77. The second kappa shape index (κ2) is 7.22. The maximum Gasteiger partial charge on any atom is 0.119 e. The maximum atomic E-state index is 5.43. The molecule has 0 heterocycles. The standard InChI is InChI=1S/C16H23NO/c1-2-18-16-10-8-15(9-11-16)13-17-12-14-6-4-3-5-7-14/h3-4,8-11,14,17H,2,5-7,12-13H2,1H3. The third-order valence-corrected chi connectivity index (χ3v) is 3.37. The summed E-state index contributed by atoms with van der Waals surface area (Å²) in [5, 5.41) is 3.55. The van der Waals surface area contributed by atoms with Crippen molar-refractivity contribution in [3.05, 3.63) is 42.0 Å². The van der Waals surface area contributed by atoms with Crippen molar-refractivity contribution < 1.29 is 4.74 Å². The fraction of sp³-hybridized carbons (Fsp3) is 0.500. The van der Waals surface area contributed by atoms with Crippen molar-refractivity contribution in [2.75, 3.05) is 13.2 Å². The zero-order valence-corrected chi connectivity index (χ0v) is 11.2. The molecular weight excluding hydrogens is 222 g/mol. The largest absolute Gasteiger partial charge is 0.494 e. The van der Waals surface area contributed by atoms with Gasteiger partial charge in [0.25, 0.3) is 0 Å². The van der Waals surface area contributed by atoms with Crippen LogP contribution in [0.15, 0.2) is 36.4 Å². The van der Waals surface area contributed by atoms with E-state index in [1.54, 1.807) is 0 Å².